The Labute approximate surface area is 164 Å². The summed E-state index contributed by atoms with van der Waals surface area (Å²) in [5.41, 5.74) is 2.72. The first-order valence-electron chi connectivity index (χ1n) is 9.54. The summed E-state index contributed by atoms with van der Waals surface area (Å²) in [6, 6.07) is 15.7. The molecule has 1 aliphatic rings. The summed E-state index contributed by atoms with van der Waals surface area (Å²) in [4.78, 5) is 19.4. The molecule has 3 heterocycles. The number of nitrogens with zero attached hydrogens (tertiary/aromatic N) is 3. The molecule has 1 atom stereocenters. The molecule has 2 aromatic heterocycles. The number of rotatable bonds is 6. The normalized spacial score (nSPS) is 15.9. The number of morpholine rings is 1. The molecule has 0 spiro atoms. The second-order valence-corrected chi connectivity index (χ2v) is 6.80. The van der Waals surface area contributed by atoms with Gasteiger partial charge < -0.3 is 14.6 Å². The lowest BCUT2D eigenvalue weighted by atomic mass is 10.1. The van der Waals surface area contributed by atoms with Crippen LogP contribution in [0.3, 0.4) is 0 Å². The highest BCUT2D eigenvalue weighted by molar-refractivity contribution is 5.94. The average molecular weight is 376 g/mol. The van der Waals surface area contributed by atoms with Gasteiger partial charge in [0, 0.05) is 55.7 Å². The third-order valence-corrected chi connectivity index (χ3v) is 5.02. The van der Waals surface area contributed by atoms with Crippen LogP contribution < -0.4 is 5.32 Å². The molecule has 1 saturated heterocycles. The smallest absolute Gasteiger partial charge is 0.251 e. The van der Waals surface area contributed by atoms with E-state index in [2.05, 4.69) is 21.3 Å². The Hall–Kier alpha value is -2.96. The number of amides is 1. The van der Waals surface area contributed by atoms with Crippen LogP contribution in [0.25, 0.3) is 5.69 Å². The van der Waals surface area contributed by atoms with Gasteiger partial charge in [-0.05, 0) is 42.0 Å². The van der Waals surface area contributed by atoms with Crippen molar-refractivity contribution in [3.05, 3.63) is 84.4 Å². The van der Waals surface area contributed by atoms with E-state index in [1.54, 1.807) is 6.20 Å². The van der Waals surface area contributed by atoms with Gasteiger partial charge in [-0.25, -0.2) is 0 Å². The molecule has 1 fully saturated rings. The lowest BCUT2D eigenvalue weighted by Crippen LogP contribution is -2.43. The van der Waals surface area contributed by atoms with Crippen LogP contribution in [0.4, 0.5) is 0 Å². The molecule has 1 aromatic carbocycles. The first kappa shape index (κ1) is 18.4. The van der Waals surface area contributed by atoms with Crippen molar-refractivity contribution in [3.63, 3.8) is 0 Å². The van der Waals surface area contributed by atoms with Crippen LogP contribution in [-0.2, 0) is 4.74 Å². The average Bonchev–Trinajstić information content (AvgIpc) is 3.30. The first-order valence-corrected chi connectivity index (χ1v) is 9.54. The van der Waals surface area contributed by atoms with Gasteiger partial charge in [0.15, 0.2) is 0 Å². The second-order valence-electron chi connectivity index (χ2n) is 6.80. The summed E-state index contributed by atoms with van der Waals surface area (Å²) in [7, 11) is 0. The van der Waals surface area contributed by atoms with Crippen LogP contribution in [0.15, 0.2) is 73.3 Å². The van der Waals surface area contributed by atoms with Gasteiger partial charge in [0.25, 0.3) is 5.91 Å². The van der Waals surface area contributed by atoms with Gasteiger partial charge in [0.05, 0.1) is 19.3 Å². The summed E-state index contributed by atoms with van der Waals surface area (Å²) >= 11 is 0. The van der Waals surface area contributed by atoms with E-state index in [1.165, 1.54) is 0 Å². The predicted molar refractivity (Wildman–Crippen MR) is 107 cm³/mol. The zero-order valence-corrected chi connectivity index (χ0v) is 15.7. The Morgan fingerprint density at radius 1 is 1.11 bits per heavy atom. The van der Waals surface area contributed by atoms with Gasteiger partial charge in [-0.3, -0.25) is 14.7 Å². The van der Waals surface area contributed by atoms with Crippen LogP contribution in [-0.4, -0.2) is 53.2 Å². The zero-order valence-electron chi connectivity index (χ0n) is 15.7. The molecule has 3 aromatic rings. The van der Waals surface area contributed by atoms with E-state index in [9.17, 15) is 4.79 Å². The van der Waals surface area contributed by atoms with Crippen molar-refractivity contribution in [2.45, 2.75) is 6.04 Å². The number of carbonyl (C=O) groups excluding carboxylic acids is 1. The fraction of sp³-hybridized carbons (Fsp3) is 0.273. The largest absolute Gasteiger partial charge is 0.379 e. The Kier molecular flexibility index (Phi) is 5.80. The molecule has 144 valence electrons. The Morgan fingerprint density at radius 2 is 1.93 bits per heavy atom. The van der Waals surface area contributed by atoms with E-state index >= 15 is 0 Å². The maximum Gasteiger partial charge on any atom is 0.251 e. The summed E-state index contributed by atoms with van der Waals surface area (Å²) in [5, 5.41) is 3.11. The maximum absolute atomic E-state index is 12.8. The molecule has 6 nitrogen and oxygen atoms in total. The molecule has 4 rings (SSSR count). The summed E-state index contributed by atoms with van der Waals surface area (Å²) in [6.07, 6.45) is 7.58. The molecule has 0 bridgehead atoms. The van der Waals surface area contributed by atoms with E-state index in [4.69, 9.17) is 4.74 Å². The molecule has 1 amide bonds. The number of pyridine rings is 1. The summed E-state index contributed by atoms with van der Waals surface area (Å²) < 4.78 is 7.47. The first-order chi connectivity index (χ1) is 13.8. The maximum atomic E-state index is 12.8. The van der Waals surface area contributed by atoms with Crippen LogP contribution in [0.5, 0.6) is 0 Å². The molecule has 28 heavy (non-hydrogen) atoms. The van der Waals surface area contributed by atoms with Gasteiger partial charge in [-0.1, -0.05) is 12.1 Å². The zero-order chi connectivity index (χ0) is 19.2. The Bertz CT molecular complexity index is 890. The lowest BCUT2D eigenvalue weighted by Gasteiger charge is -2.34. The van der Waals surface area contributed by atoms with Gasteiger partial charge in [0.1, 0.15) is 0 Å². The minimum absolute atomic E-state index is 0.0730. The highest BCUT2D eigenvalue weighted by Gasteiger charge is 2.23. The van der Waals surface area contributed by atoms with Crippen molar-refractivity contribution in [1.29, 1.82) is 0 Å². The molecule has 6 heteroatoms. The SMILES string of the molecule is O=C(NCC(c1cccnc1)N1CCOCC1)c1cccc(-n2cccc2)c1. The predicted octanol–water partition coefficient (Wildman–Crippen LogP) is 2.68. The number of carbonyl (C=O) groups is 1. The van der Waals surface area contributed by atoms with Crippen molar-refractivity contribution in [2.75, 3.05) is 32.8 Å². The minimum atomic E-state index is -0.0730. The quantitative estimate of drug-likeness (QED) is 0.719. The number of ether oxygens (including phenoxy) is 1. The second kappa shape index (κ2) is 8.82. The van der Waals surface area contributed by atoms with E-state index in [1.807, 2.05) is 65.6 Å². The minimum Gasteiger partial charge on any atom is -0.379 e. The highest BCUT2D eigenvalue weighted by Crippen LogP contribution is 2.20. The third kappa shape index (κ3) is 4.30. The number of benzene rings is 1. The molecule has 1 N–H and O–H groups in total. The van der Waals surface area contributed by atoms with Gasteiger partial charge >= 0.3 is 0 Å². The standard InChI is InChI=1S/C22H24N4O2/c27-22(18-5-3-7-20(15-18)25-9-1-2-10-25)24-17-21(19-6-4-8-23-16-19)26-11-13-28-14-12-26/h1-10,15-16,21H,11-14,17H2,(H,24,27). The van der Waals surface area contributed by atoms with Crippen LogP contribution in [0.2, 0.25) is 0 Å². The lowest BCUT2D eigenvalue weighted by molar-refractivity contribution is 0.0161. The number of aromatic nitrogens is 2. The molecular formula is C22H24N4O2. The number of hydrogen-bond acceptors (Lipinski definition) is 4. The van der Waals surface area contributed by atoms with Crippen molar-refractivity contribution >= 4 is 5.91 Å². The highest BCUT2D eigenvalue weighted by atomic mass is 16.5. The molecule has 0 aliphatic carbocycles. The third-order valence-electron chi connectivity index (χ3n) is 5.02. The number of nitrogens with one attached hydrogen (secondary N) is 1. The van der Waals surface area contributed by atoms with E-state index in [0.717, 1.165) is 24.3 Å². The van der Waals surface area contributed by atoms with Crippen molar-refractivity contribution in [2.24, 2.45) is 0 Å². The summed E-state index contributed by atoms with van der Waals surface area (Å²) in [5.74, 6) is -0.0730. The van der Waals surface area contributed by atoms with Gasteiger partial charge in [-0.2, -0.15) is 0 Å². The van der Waals surface area contributed by atoms with Crippen molar-refractivity contribution < 1.29 is 9.53 Å². The van der Waals surface area contributed by atoms with E-state index in [0.29, 0.717) is 25.3 Å². The van der Waals surface area contributed by atoms with Crippen molar-refractivity contribution in [3.8, 4) is 5.69 Å². The van der Waals surface area contributed by atoms with Gasteiger partial charge in [-0.15, -0.1) is 0 Å². The molecule has 1 unspecified atom stereocenters. The monoisotopic (exact) mass is 376 g/mol. The Morgan fingerprint density at radius 3 is 2.68 bits per heavy atom. The fourth-order valence-electron chi connectivity index (χ4n) is 3.53. The van der Waals surface area contributed by atoms with Crippen LogP contribution in [0, 0.1) is 0 Å². The molecule has 1 aliphatic heterocycles. The van der Waals surface area contributed by atoms with Crippen LogP contribution in [0.1, 0.15) is 22.0 Å². The molecule has 0 saturated carbocycles. The van der Waals surface area contributed by atoms with E-state index < -0.39 is 0 Å². The van der Waals surface area contributed by atoms with Gasteiger partial charge in [0.2, 0.25) is 0 Å². The molecular weight excluding hydrogens is 352 g/mol. The fourth-order valence-corrected chi connectivity index (χ4v) is 3.53. The molecule has 0 radical (unpaired) electrons. The topological polar surface area (TPSA) is 59.4 Å². The van der Waals surface area contributed by atoms with Crippen molar-refractivity contribution in [1.82, 2.24) is 19.8 Å². The number of hydrogen-bond donors (Lipinski definition) is 1. The van der Waals surface area contributed by atoms with E-state index in [-0.39, 0.29) is 11.9 Å². The Balaban J connectivity index is 1.47. The summed E-state index contributed by atoms with van der Waals surface area (Å²) in [6.45, 7) is 3.64. The van der Waals surface area contributed by atoms with Crippen LogP contribution >= 0.6 is 0 Å².